The minimum absolute atomic E-state index is 0.136. The number of anilines is 2. The zero-order chi connectivity index (χ0) is 23.6. The van der Waals surface area contributed by atoms with Crippen molar-refractivity contribution in [2.24, 2.45) is 0 Å². The highest BCUT2D eigenvalue weighted by atomic mass is 32.2. The first-order chi connectivity index (χ1) is 15.2. The second-order valence-corrected chi connectivity index (χ2v) is 9.16. The van der Waals surface area contributed by atoms with E-state index in [1.807, 2.05) is 6.92 Å². The molecule has 32 heavy (non-hydrogen) atoms. The molecule has 0 atom stereocenters. The van der Waals surface area contributed by atoms with Crippen molar-refractivity contribution >= 4 is 33.3 Å². The smallest absolute Gasteiger partial charge is 0.338 e. The Hall–Kier alpha value is -3.07. The van der Waals surface area contributed by atoms with Crippen LogP contribution < -0.4 is 14.4 Å². The number of sulfonamides is 1. The lowest BCUT2D eigenvalue weighted by molar-refractivity contribution is -0.116. The number of hydrogen-bond acceptors (Lipinski definition) is 6. The highest BCUT2D eigenvalue weighted by molar-refractivity contribution is 7.92. The van der Waals surface area contributed by atoms with Crippen molar-refractivity contribution < 1.29 is 27.5 Å². The van der Waals surface area contributed by atoms with E-state index in [1.54, 1.807) is 48.5 Å². The fraction of sp³-hybridized carbons (Fsp3) is 0.391. The first kappa shape index (κ1) is 25.2. The number of unbranched alkanes of at least 4 members (excludes halogenated alkanes) is 1. The van der Waals surface area contributed by atoms with Gasteiger partial charge in [-0.05, 0) is 49.2 Å². The van der Waals surface area contributed by atoms with E-state index in [-0.39, 0.29) is 18.9 Å². The number of carbonyl (C=O) groups excluding carboxylic acids is 2. The molecule has 0 aliphatic heterocycles. The minimum Gasteiger partial charge on any atom is -0.497 e. The molecule has 0 spiro atoms. The van der Waals surface area contributed by atoms with Gasteiger partial charge in [-0.1, -0.05) is 19.4 Å². The Morgan fingerprint density at radius 1 is 1.06 bits per heavy atom. The molecule has 1 amide bonds. The van der Waals surface area contributed by atoms with Crippen molar-refractivity contribution in [2.45, 2.75) is 32.6 Å². The van der Waals surface area contributed by atoms with Crippen molar-refractivity contribution in [3.8, 4) is 5.75 Å². The van der Waals surface area contributed by atoms with E-state index in [4.69, 9.17) is 9.47 Å². The third kappa shape index (κ3) is 7.88. The third-order valence-electron chi connectivity index (χ3n) is 4.64. The number of carbonyl (C=O) groups is 2. The van der Waals surface area contributed by atoms with Gasteiger partial charge in [0, 0.05) is 24.7 Å². The van der Waals surface area contributed by atoms with E-state index in [0.29, 0.717) is 35.7 Å². The summed E-state index contributed by atoms with van der Waals surface area (Å²) in [7, 11) is -2.01. The molecule has 0 saturated carbocycles. The summed E-state index contributed by atoms with van der Waals surface area (Å²) in [5.41, 5.74) is 1.45. The normalized spacial score (nSPS) is 11.0. The van der Waals surface area contributed by atoms with E-state index in [1.165, 1.54) is 11.4 Å². The van der Waals surface area contributed by atoms with Gasteiger partial charge in [0.1, 0.15) is 5.75 Å². The number of methoxy groups -OCH3 is 1. The number of nitrogens with zero attached hydrogens (tertiary/aromatic N) is 1. The summed E-state index contributed by atoms with van der Waals surface area (Å²) in [6.07, 6.45) is 3.35. The number of amides is 1. The van der Waals surface area contributed by atoms with Crippen molar-refractivity contribution in [3.63, 3.8) is 0 Å². The van der Waals surface area contributed by atoms with Gasteiger partial charge in [-0.3, -0.25) is 9.10 Å². The Morgan fingerprint density at radius 3 is 2.41 bits per heavy atom. The summed E-state index contributed by atoms with van der Waals surface area (Å²) in [5.74, 6) is -0.0938. The van der Waals surface area contributed by atoms with Crippen LogP contribution in [0.3, 0.4) is 0 Å². The Kier molecular flexibility index (Phi) is 9.52. The predicted molar refractivity (Wildman–Crippen MR) is 125 cm³/mol. The van der Waals surface area contributed by atoms with Crippen LogP contribution in [0, 0.1) is 0 Å². The summed E-state index contributed by atoms with van der Waals surface area (Å²) in [4.78, 5) is 24.2. The summed E-state index contributed by atoms with van der Waals surface area (Å²) in [5, 5.41) is 2.75. The molecular weight excluding hydrogens is 432 g/mol. The van der Waals surface area contributed by atoms with Gasteiger partial charge in [0.2, 0.25) is 15.9 Å². The molecule has 0 unspecified atom stereocenters. The fourth-order valence-corrected chi connectivity index (χ4v) is 3.90. The van der Waals surface area contributed by atoms with Crippen molar-refractivity contribution in [3.05, 3.63) is 54.1 Å². The average molecular weight is 463 g/mol. The van der Waals surface area contributed by atoms with Crippen LogP contribution in [0.5, 0.6) is 5.75 Å². The van der Waals surface area contributed by atoms with Crippen molar-refractivity contribution in [2.75, 3.05) is 36.1 Å². The molecule has 0 aliphatic rings. The van der Waals surface area contributed by atoms with Crippen LogP contribution in [-0.2, 0) is 19.6 Å². The fourth-order valence-electron chi connectivity index (χ4n) is 2.94. The van der Waals surface area contributed by atoms with Crippen LogP contribution in [0.2, 0.25) is 0 Å². The maximum atomic E-state index is 12.3. The standard InChI is InChI=1S/C23H30N2O6S/c1-4-5-16-31-23(27)18-11-13-19(14-12-18)24-22(26)10-7-15-25(32(3,28)29)20-8-6-9-21(17-20)30-2/h6,8-9,11-14,17H,4-5,7,10,15-16H2,1-3H3,(H,24,26). The molecule has 0 heterocycles. The highest BCUT2D eigenvalue weighted by Crippen LogP contribution is 2.23. The zero-order valence-electron chi connectivity index (χ0n) is 18.7. The van der Waals surface area contributed by atoms with Gasteiger partial charge in [0.15, 0.2) is 0 Å². The Morgan fingerprint density at radius 2 is 1.78 bits per heavy atom. The maximum absolute atomic E-state index is 12.3. The molecule has 0 saturated heterocycles. The van der Waals surface area contributed by atoms with E-state index in [9.17, 15) is 18.0 Å². The van der Waals surface area contributed by atoms with Gasteiger partial charge >= 0.3 is 5.97 Å². The first-order valence-electron chi connectivity index (χ1n) is 10.4. The molecule has 1 N–H and O–H groups in total. The zero-order valence-corrected chi connectivity index (χ0v) is 19.5. The van der Waals surface area contributed by atoms with Crippen molar-refractivity contribution in [1.29, 1.82) is 0 Å². The topological polar surface area (TPSA) is 102 Å². The second-order valence-electron chi connectivity index (χ2n) is 7.26. The Balaban J connectivity index is 1.89. The number of nitrogens with one attached hydrogen (secondary N) is 1. The van der Waals surface area contributed by atoms with Gasteiger partial charge in [0.05, 0.1) is 31.2 Å². The SMILES string of the molecule is CCCCOC(=O)c1ccc(NC(=O)CCCN(c2cccc(OC)c2)S(C)(=O)=O)cc1. The van der Waals surface area contributed by atoms with E-state index >= 15 is 0 Å². The first-order valence-corrected chi connectivity index (χ1v) is 12.3. The molecule has 2 aromatic carbocycles. The number of benzene rings is 2. The van der Waals surface area contributed by atoms with E-state index in [2.05, 4.69) is 5.32 Å². The predicted octanol–water partition coefficient (Wildman–Crippen LogP) is 3.84. The van der Waals surface area contributed by atoms with Crippen LogP contribution in [-0.4, -0.2) is 46.8 Å². The molecule has 0 radical (unpaired) electrons. The Labute approximate surface area is 189 Å². The lowest BCUT2D eigenvalue weighted by Gasteiger charge is -2.22. The molecule has 2 rings (SSSR count). The largest absolute Gasteiger partial charge is 0.497 e. The van der Waals surface area contributed by atoms with Gasteiger partial charge in [-0.25, -0.2) is 13.2 Å². The molecule has 0 aliphatic carbocycles. The number of rotatable bonds is 12. The van der Waals surface area contributed by atoms with Gasteiger partial charge in [-0.15, -0.1) is 0 Å². The quantitative estimate of drug-likeness (QED) is 0.380. The molecule has 174 valence electrons. The summed E-state index contributed by atoms with van der Waals surface area (Å²) in [6, 6.07) is 13.2. The average Bonchev–Trinajstić information content (AvgIpc) is 2.76. The monoisotopic (exact) mass is 462 g/mol. The number of hydrogen-bond donors (Lipinski definition) is 1. The molecule has 2 aromatic rings. The lowest BCUT2D eigenvalue weighted by Crippen LogP contribution is -2.31. The highest BCUT2D eigenvalue weighted by Gasteiger charge is 2.18. The number of esters is 1. The maximum Gasteiger partial charge on any atom is 0.338 e. The van der Waals surface area contributed by atoms with Crippen molar-refractivity contribution in [1.82, 2.24) is 0 Å². The van der Waals surface area contributed by atoms with Gasteiger partial charge in [0.25, 0.3) is 0 Å². The van der Waals surface area contributed by atoms with Crippen LogP contribution >= 0.6 is 0 Å². The Bertz CT molecular complexity index is 1010. The second kappa shape index (κ2) is 12.1. The van der Waals surface area contributed by atoms with Crippen LogP contribution in [0.4, 0.5) is 11.4 Å². The summed E-state index contributed by atoms with van der Waals surface area (Å²) >= 11 is 0. The summed E-state index contributed by atoms with van der Waals surface area (Å²) in [6.45, 7) is 2.55. The molecule has 9 heteroatoms. The van der Waals surface area contributed by atoms with Crippen LogP contribution in [0.1, 0.15) is 43.0 Å². The van der Waals surface area contributed by atoms with Crippen LogP contribution in [0.25, 0.3) is 0 Å². The molecule has 0 bridgehead atoms. The molecular formula is C23H30N2O6S. The number of ether oxygens (including phenoxy) is 2. The summed E-state index contributed by atoms with van der Waals surface area (Å²) < 4.78 is 36.0. The minimum atomic E-state index is -3.52. The molecule has 8 nitrogen and oxygen atoms in total. The van der Waals surface area contributed by atoms with Gasteiger partial charge < -0.3 is 14.8 Å². The van der Waals surface area contributed by atoms with E-state index < -0.39 is 16.0 Å². The van der Waals surface area contributed by atoms with E-state index in [0.717, 1.165) is 19.1 Å². The third-order valence-corrected chi connectivity index (χ3v) is 5.84. The molecule has 0 aromatic heterocycles. The molecule has 0 fully saturated rings. The van der Waals surface area contributed by atoms with Gasteiger partial charge in [-0.2, -0.15) is 0 Å². The lowest BCUT2D eigenvalue weighted by atomic mass is 10.2. The van der Waals surface area contributed by atoms with Crippen LogP contribution in [0.15, 0.2) is 48.5 Å².